The lowest BCUT2D eigenvalue weighted by Crippen LogP contribution is -2.14. The average Bonchev–Trinajstić information content (AvgIpc) is 3.47. The number of aromatic nitrogens is 2. The maximum atomic E-state index is 7.79. The Morgan fingerprint density at radius 2 is 0.887 bits per heavy atom. The van der Waals surface area contributed by atoms with Crippen molar-refractivity contribution in [3.63, 3.8) is 0 Å². The molecule has 7 aromatic carbocycles. The van der Waals surface area contributed by atoms with Crippen LogP contribution in [0, 0.1) is 6.57 Å². The minimum absolute atomic E-state index is 0.189. The first-order valence-corrected chi connectivity index (χ1v) is 17.9. The van der Waals surface area contributed by atoms with E-state index in [1.54, 1.807) is 0 Å². The maximum Gasteiger partial charge on any atom is 0.195 e. The van der Waals surface area contributed by atoms with E-state index in [0.29, 0.717) is 5.82 Å². The Bertz CT molecular complexity index is 2700. The lowest BCUT2D eigenvalue weighted by atomic mass is 9.81. The molecule has 8 aromatic rings. The molecule has 0 N–H and O–H groups in total. The van der Waals surface area contributed by atoms with Crippen LogP contribution in [-0.4, -0.2) is 9.97 Å². The van der Waals surface area contributed by atoms with Crippen LogP contribution in [0.1, 0.15) is 25.0 Å². The molecule has 250 valence electrons. The zero-order valence-corrected chi connectivity index (χ0v) is 29.6. The zero-order valence-electron chi connectivity index (χ0n) is 29.6. The first kappa shape index (κ1) is 32.0. The number of fused-ring (bicyclic) bond motifs is 3. The van der Waals surface area contributed by atoms with E-state index in [-0.39, 0.29) is 5.41 Å². The van der Waals surface area contributed by atoms with Crippen LogP contribution in [0.25, 0.3) is 83.3 Å². The Morgan fingerprint density at radius 3 is 1.47 bits per heavy atom. The zero-order chi connectivity index (χ0) is 35.9. The molecule has 0 saturated carbocycles. The molecule has 1 aliphatic rings. The third kappa shape index (κ3) is 5.81. The van der Waals surface area contributed by atoms with Crippen LogP contribution in [0.4, 0.5) is 5.69 Å². The van der Waals surface area contributed by atoms with Gasteiger partial charge in [-0.2, -0.15) is 0 Å². The van der Waals surface area contributed by atoms with Crippen LogP contribution in [0.3, 0.4) is 0 Å². The summed E-state index contributed by atoms with van der Waals surface area (Å²) in [6.45, 7) is 12.3. The van der Waals surface area contributed by atoms with Crippen molar-refractivity contribution in [2.75, 3.05) is 0 Å². The fourth-order valence-electron chi connectivity index (χ4n) is 7.73. The summed E-state index contributed by atoms with van der Waals surface area (Å²) in [7, 11) is 0. The third-order valence-electron chi connectivity index (χ3n) is 10.5. The molecule has 3 heteroatoms. The van der Waals surface area contributed by atoms with Gasteiger partial charge in [0.15, 0.2) is 11.5 Å². The maximum absolute atomic E-state index is 7.79. The van der Waals surface area contributed by atoms with Gasteiger partial charge in [-0.05, 0) is 86.0 Å². The molecule has 0 saturated heterocycles. The van der Waals surface area contributed by atoms with E-state index in [0.717, 1.165) is 72.7 Å². The molecular formula is C50H35N3. The van der Waals surface area contributed by atoms with Gasteiger partial charge in [-0.1, -0.05) is 159 Å². The topological polar surface area (TPSA) is 30.1 Å². The highest BCUT2D eigenvalue weighted by molar-refractivity contribution is 5.91. The largest absolute Gasteiger partial charge is 0.238 e. The van der Waals surface area contributed by atoms with Crippen molar-refractivity contribution < 1.29 is 0 Å². The second-order valence-electron chi connectivity index (χ2n) is 14.1. The molecule has 53 heavy (non-hydrogen) atoms. The molecule has 9 rings (SSSR count). The lowest BCUT2D eigenvalue weighted by molar-refractivity contribution is 0.661. The molecule has 1 aromatic heterocycles. The quantitative estimate of drug-likeness (QED) is 0.164. The molecule has 0 atom stereocenters. The number of hydrogen-bond donors (Lipinski definition) is 0. The summed E-state index contributed by atoms with van der Waals surface area (Å²) in [5.41, 5.74) is 16.9. The summed E-state index contributed by atoms with van der Waals surface area (Å²) in [5, 5.41) is 0. The first-order valence-electron chi connectivity index (χ1n) is 17.9. The summed E-state index contributed by atoms with van der Waals surface area (Å²) >= 11 is 0. The van der Waals surface area contributed by atoms with Gasteiger partial charge in [-0.3, -0.25) is 0 Å². The van der Waals surface area contributed by atoms with Crippen LogP contribution in [-0.2, 0) is 5.41 Å². The van der Waals surface area contributed by atoms with Crippen molar-refractivity contribution in [3.05, 3.63) is 198 Å². The molecule has 1 aliphatic carbocycles. The molecule has 0 bridgehead atoms. The third-order valence-corrected chi connectivity index (χ3v) is 10.5. The number of hydrogen-bond acceptors (Lipinski definition) is 2. The lowest BCUT2D eigenvalue weighted by Gasteiger charge is -2.22. The molecule has 3 nitrogen and oxygen atoms in total. The Balaban J connectivity index is 1.10. The fraction of sp³-hybridized carbons (Fsp3) is 0.0600. The van der Waals surface area contributed by atoms with Crippen molar-refractivity contribution in [1.82, 2.24) is 9.97 Å². The fourth-order valence-corrected chi connectivity index (χ4v) is 7.73. The minimum Gasteiger partial charge on any atom is -0.238 e. The van der Waals surface area contributed by atoms with E-state index in [2.05, 4.69) is 158 Å². The predicted molar refractivity (Wildman–Crippen MR) is 218 cm³/mol. The second-order valence-corrected chi connectivity index (χ2v) is 14.1. The average molecular weight is 678 g/mol. The molecule has 0 fully saturated rings. The van der Waals surface area contributed by atoms with Crippen molar-refractivity contribution >= 4 is 5.69 Å². The van der Waals surface area contributed by atoms with Crippen LogP contribution in [0.15, 0.2) is 176 Å². The minimum atomic E-state index is -0.189. The van der Waals surface area contributed by atoms with E-state index in [1.165, 1.54) is 16.7 Å². The van der Waals surface area contributed by atoms with Gasteiger partial charge in [-0.15, -0.1) is 0 Å². The molecule has 1 heterocycles. The monoisotopic (exact) mass is 677 g/mol. The van der Waals surface area contributed by atoms with Gasteiger partial charge in [0.05, 0.1) is 18.0 Å². The summed E-state index contributed by atoms with van der Waals surface area (Å²) in [4.78, 5) is 14.1. The molecule has 0 unspecified atom stereocenters. The number of benzene rings is 7. The van der Waals surface area contributed by atoms with E-state index in [9.17, 15) is 0 Å². The van der Waals surface area contributed by atoms with Crippen LogP contribution < -0.4 is 0 Å². The summed E-state index contributed by atoms with van der Waals surface area (Å²) < 4.78 is 0. The van der Waals surface area contributed by atoms with E-state index >= 15 is 0 Å². The molecule has 0 aliphatic heterocycles. The van der Waals surface area contributed by atoms with Gasteiger partial charge >= 0.3 is 0 Å². The number of nitrogens with zero attached hydrogens (tertiary/aromatic N) is 3. The van der Waals surface area contributed by atoms with Crippen LogP contribution >= 0.6 is 0 Å². The van der Waals surface area contributed by atoms with Gasteiger partial charge < -0.3 is 0 Å². The Labute approximate surface area is 310 Å². The molecule has 0 radical (unpaired) electrons. The smallest absolute Gasteiger partial charge is 0.195 e. The molecule has 0 spiro atoms. The highest BCUT2D eigenvalue weighted by Crippen LogP contribution is 2.53. The Hall–Kier alpha value is -6.89. The Morgan fingerprint density at radius 1 is 0.415 bits per heavy atom. The van der Waals surface area contributed by atoms with Gasteiger partial charge in [0, 0.05) is 22.1 Å². The molecule has 0 amide bonds. The van der Waals surface area contributed by atoms with Crippen molar-refractivity contribution in [2.24, 2.45) is 0 Å². The van der Waals surface area contributed by atoms with E-state index < -0.39 is 0 Å². The SMILES string of the molecule is [C-]#[N+]c1cccc2c1-c1ccc(-c3cccc(-c4cccc(-c5cc(-c6cccc(-c7ccccc7)c6)nc(-c6ccccc6)n5)c4)c3)cc1C2(C)C. The predicted octanol–water partition coefficient (Wildman–Crippen LogP) is 13.3. The van der Waals surface area contributed by atoms with Gasteiger partial charge in [0.25, 0.3) is 0 Å². The van der Waals surface area contributed by atoms with Crippen LogP contribution in [0.5, 0.6) is 0 Å². The van der Waals surface area contributed by atoms with E-state index in [1.807, 2.05) is 36.4 Å². The van der Waals surface area contributed by atoms with Crippen molar-refractivity contribution in [2.45, 2.75) is 19.3 Å². The Kier molecular flexibility index (Phi) is 7.87. The normalized spacial score (nSPS) is 12.5. The second kappa shape index (κ2) is 13.0. The van der Waals surface area contributed by atoms with Crippen LogP contribution in [0.2, 0.25) is 0 Å². The summed E-state index contributed by atoms with van der Waals surface area (Å²) in [6.07, 6.45) is 0. The highest BCUT2D eigenvalue weighted by Gasteiger charge is 2.36. The van der Waals surface area contributed by atoms with Crippen molar-refractivity contribution in [3.8, 4) is 78.4 Å². The van der Waals surface area contributed by atoms with E-state index in [4.69, 9.17) is 16.5 Å². The standard InChI is InChI=1S/C50H35N3/c1-50(2)43-24-13-25-45(51-3)48(43)42-27-26-39(31-44(42)50)37-20-10-19-36(28-37)38-21-12-23-41(30-38)47-32-46(52-49(53-47)34-16-8-5-9-17-34)40-22-11-18-35(29-40)33-14-6-4-7-15-33/h4-32H,1-2H3. The summed E-state index contributed by atoms with van der Waals surface area (Å²) in [5.74, 6) is 0.695. The summed E-state index contributed by atoms with van der Waals surface area (Å²) in [6, 6.07) is 61.6. The highest BCUT2D eigenvalue weighted by atomic mass is 14.9. The first-order chi connectivity index (χ1) is 26.0. The van der Waals surface area contributed by atoms with Crippen molar-refractivity contribution in [1.29, 1.82) is 0 Å². The number of rotatable bonds is 6. The van der Waals surface area contributed by atoms with Gasteiger partial charge in [0.2, 0.25) is 0 Å². The molecular weight excluding hydrogens is 643 g/mol. The van der Waals surface area contributed by atoms with Gasteiger partial charge in [-0.25, -0.2) is 14.8 Å². The van der Waals surface area contributed by atoms with Gasteiger partial charge in [0.1, 0.15) is 0 Å².